The molecule has 1 fully saturated rings. The van der Waals surface area contributed by atoms with Crippen LogP contribution in [-0.4, -0.2) is 19.4 Å². The molecule has 0 amide bonds. The Hall–Kier alpha value is -0.370. The molecule has 1 aliphatic heterocycles. The fourth-order valence-corrected chi connectivity index (χ4v) is 0.755. The van der Waals surface area contributed by atoms with Gasteiger partial charge in [0.25, 0.3) is 0 Å². The molecule has 1 rings (SSSR count). The van der Waals surface area contributed by atoms with Gasteiger partial charge in [0.05, 0.1) is 0 Å². The molecule has 0 saturated carbocycles. The van der Waals surface area contributed by atoms with Gasteiger partial charge in [0.15, 0.2) is 0 Å². The Morgan fingerprint density at radius 3 is 2.86 bits per heavy atom. The van der Waals surface area contributed by atoms with Gasteiger partial charge >= 0.3 is 0 Å². The van der Waals surface area contributed by atoms with Gasteiger partial charge in [-0.05, 0) is 13.0 Å². The molecular weight excluding hydrogens is 90.1 g/mol. The van der Waals surface area contributed by atoms with Crippen molar-refractivity contribution in [1.29, 1.82) is 0 Å². The highest BCUT2D eigenvalue weighted by molar-refractivity contribution is 5.55. The lowest BCUT2D eigenvalue weighted by atomic mass is 10.2. The highest BCUT2D eigenvalue weighted by Crippen LogP contribution is 2.01. The smallest absolute Gasteiger partial charge is 0.203 e. The predicted octanol–water partition coefficient (Wildman–Crippen LogP) is -0.294. The number of carbonyl (C=O) groups excluding carboxylic acids is 1. The van der Waals surface area contributed by atoms with Gasteiger partial charge in [-0.3, -0.25) is 4.79 Å². The Balaban J connectivity index is 2.26. The first-order chi connectivity index (χ1) is 3.43. The van der Waals surface area contributed by atoms with Crippen molar-refractivity contribution < 1.29 is 4.79 Å². The monoisotopic (exact) mass is 98.1 g/mol. The van der Waals surface area contributed by atoms with Gasteiger partial charge in [-0.1, -0.05) is 0 Å². The van der Waals surface area contributed by atoms with E-state index < -0.39 is 0 Å². The number of rotatable bonds is 1. The molecule has 0 unspecified atom stereocenters. The molecule has 2 heteroatoms. The van der Waals surface area contributed by atoms with Crippen LogP contribution < -0.4 is 5.32 Å². The van der Waals surface area contributed by atoms with E-state index >= 15 is 0 Å². The van der Waals surface area contributed by atoms with Crippen molar-refractivity contribution in [3.05, 3.63) is 0 Å². The maximum Gasteiger partial charge on any atom is 0.203 e. The average Bonchev–Trinajstić information content (AvgIpc) is 2.14. The van der Waals surface area contributed by atoms with E-state index in [1.807, 2.05) is 6.29 Å². The van der Waals surface area contributed by atoms with Crippen molar-refractivity contribution in [2.24, 2.45) is 5.92 Å². The highest BCUT2D eigenvalue weighted by atomic mass is 16.1. The molecule has 0 aromatic carbocycles. The van der Waals surface area contributed by atoms with Crippen molar-refractivity contribution in [3.8, 4) is 0 Å². The fourth-order valence-electron chi connectivity index (χ4n) is 0.755. The second kappa shape index (κ2) is 2.07. The third-order valence-electron chi connectivity index (χ3n) is 1.23. The summed E-state index contributed by atoms with van der Waals surface area (Å²) in [4.78, 5) is 9.84. The van der Waals surface area contributed by atoms with Gasteiger partial charge in [0.1, 0.15) is 0 Å². The summed E-state index contributed by atoms with van der Waals surface area (Å²) in [5, 5.41) is 3.06. The van der Waals surface area contributed by atoms with Crippen LogP contribution in [0.4, 0.5) is 0 Å². The van der Waals surface area contributed by atoms with Crippen LogP contribution in [0.2, 0.25) is 0 Å². The lowest BCUT2D eigenvalue weighted by molar-refractivity contribution is 0.529. The molecule has 1 heterocycles. The average molecular weight is 98.1 g/mol. The topological polar surface area (TPSA) is 29.1 Å². The summed E-state index contributed by atoms with van der Waals surface area (Å²) >= 11 is 0. The first-order valence-corrected chi connectivity index (χ1v) is 2.52. The molecule has 7 heavy (non-hydrogen) atoms. The van der Waals surface area contributed by atoms with Crippen LogP contribution in [0.1, 0.15) is 6.42 Å². The fraction of sp³-hybridized carbons (Fsp3) is 0.800. The largest absolute Gasteiger partial charge is 0.316 e. The third kappa shape index (κ3) is 0.996. The minimum absolute atomic E-state index is 0.181. The summed E-state index contributed by atoms with van der Waals surface area (Å²) in [6, 6.07) is 0. The van der Waals surface area contributed by atoms with E-state index in [0.717, 1.165) is 19.5 Å². The summed E-state index contributed by atoms with van der Waals surface area (Å²) in [6.45, 7) is 1.82. The quantitative estimate of drug-likeness (QED) is 0.488. The van der Waals surface area contributed by atoms with Crippen LogP contribution in [0.5, 0.6) is 0 Å². The minimum atomic E-state index is 0.181. The number of hydrogen-bond acceptors (Lipinski definition) is 2. The Morgan fingerprint density at radius 2 is 2.57 bits per heavy atom. The molecule has 0 spiro atoms. The van der Waals surface area contributed by atoms with Gasteiger partial charge in [-0.2, -0.15) is 0 Å². The number of nitrogens with one attached hydrogen (secondary N) is 1. The Kier molecular flexibility index (Phi) is 1.42. The van der Waals surface area contributed by atoms with E-state index in [-0.39, 0.29) is 5.92 Å². The molecule has 1 saturated heterocycles. The Morgan fingerprint density at radius 1 is 1.71 bits per heavy atom. The van der Waals surface area contributed by atoms with Gasteiger partial charge in [-0.15, -0.1) is 0 Å². The Labute approximate surface area is 42.9 Å². The van der Waals surface area contributed by atoms with Gasteiger partial charge in [0.2, 0.25) is 6.29 Å². The first kappa shape index (κ1) is 4.78. The molecule has 1 aliphatic rings. The van der Waals surface area contributed by atoms with Crippen LogP contribution >= 0.6 is 0 Å². The van der Waals surface area contributed by atoms with E-state index in [1.54, 1.807) is 0 Å². The van der Waals surface area contributed by atoms with Gasteiger partial charge in [-0.25, -0.2) is 0 Å². The zero-order valence-electron chi connectivity index (χ0n) is 4.11. The van der Waals surface area contributed by atoms with E-state index in [0.29, 0.717) is 0 Å². The van der Waals surface area contributed by atoms with Crippen LogP contribution in [0, 0.1) is 5.92 Å². The molecule has 1 N–H and O–H groups in total. The lowest BCUT2D eigenvalue weighted by Crippen LogP contribution is -2.09. The normalized spacial score (nSPS) is 30.6. The molecule has 0 aromatic heterocycles. The van der Waals surface area contributed by atoms with Crippen LogP contribution in [0.15, 0.2) is 0 Å². The van der Waals surface area contributed by atoms with Gasteiger partial charge in [0, 0.05) is 12.5 Å². The zero-order valence-corrected chi connectivity index (χ0v) is 4.11. The van der Waals surface area contributed by atoms with Crippen LogP contribution in [-0.2, 0) is 4.79 Å². The summed E-state index contributed by atoms with van der Waals surface area (Å²) in [7, 11) is 0. The molecule has 1 atom stereocenters. The SMILES string of the molecule is O=[C][C@H]1CCNC1. The van der Waals surface area contributed by atoms with Gasteiger partial charge < -0.3 is 5.32 Å². The third-order valence-corrected chi connectivity index (χ3v) is 1.23. The summed E-state index contributed by atoms with van der Waals surface area (Å²) < 4.78 is 0. The Bertz CT molecular complexity index is 66.5. The van der Waals surface area contributed by atoms with Crippen molar-refractivity contribution in [1.82, 2.24) is 5.32 Å². The summed E-state index contributed by atoms with van der Waals surface area (Å²) in [5.74, 6) is 0.181. The van der Waals surface area contributed by atoms with E-state index in [2.05, 4.69) is 5.32 Å². The molecular formula is C5H8NO. The van der Waals surface area contributed by atoms with Crippen LogP contribution in [0.3, 0.4) is 0 Å². The van der Waals surface area contributed by atoms with Crippen molar-refractivity contribution in [3.63, 3.8) is 0 Å². The molecule has 0 aromatic rings. The van der Waals surface area contributed by atoms with E-state index in [9.17, 15) is 4.79 Å². The molecule has 1 radical (unpaired) electrons. The second-order valence-corrected chi connectivity index (χ2v) is 1.81. The number of hydrogen-bond donors (Lipinski definition) is 1. The second-order valence-electron chi connectivity index (χ2n) is 1.81. The van der Waals surface area contributed by atoms with Crippen molar-refractivity contribution >= 4 is 6.29 Å². The first-order valence-electron chi connectivity index (χ1n) is 2.52. The van der Waals surface area contributed by atoms with Crippen molar-refractivity contribution in [2.75, 3.05) is 13.1 Å². The zero-order chi connectivity index (χ0) is 5.11. The maximum atomic E-state index is 9.84. The molecule has 0 bridgehead atoms. The molecule has 0 aliphatic carbocycles. The highest BCUT2D eigenvalue weighted by Gasteiger charge is 2.12. The summed E-state index contributed by atoms with van der Waals surface area (Å²) in [6.07, 6.45) is 2.93. The predicted molar refractivity (Wildman–Crippen MR) is 26.7 cm³/mol. The summed E-state index contributed by atoms with van der Waals surface area (Å²) in [5.41, 5.74) is 0. The minimum Gasteiger partial charge on any atom is -0.316 e. The van der Waals surface area contributed by atoms with Crippen molar-refractivity contribution in [2.45, 2.75) is 6.42 Å². The lowest BCUT2D eigenvalue weighted by Gasteiger charge is -1.88. The van der Waals surface area contributed by atoms with E-state index in [1.165, 1.54) is 0 Å². The van der Waals surface area contributed by atoms with Crippen LogP contribution in [0.25, 0.3) is 0 Å². The molecule has 39 valence electrons. The van der Waals surface area contributed by atoms with E-state index in [4.69, 9.17) is 0 Å². The molecule has 2 nitrogen and oxygen atoms in total. The standard InChI is InChI=1S/C5H8NO/c7-4-5-1-2-6-3-5/h5-6H,1-3H2/t5-/m0/s1. The maximum absolute atomic E-state index is 9.84.